The van der Waals surface area contributed by atoms with Gasteiger partial charge in [0.1, 0.15) is 0 Å². The first-order valence-corrected chi connectivity index (χ1v) is 28.5. The molecule has 8 heteroatoms. The predicted molar refractivity (Wildman–Crippen MR) is 101 cm³/mol. The van der Waals surface area contributed by atoms with Crippen LogP contribution in [0.2, 0.25) is 0 Å². The summed E-state index contributed by atoms with van der Waals surface area (Å²) in [7, 11) is 0. The Morgan fingerprint density at radius 2 is 1.28 bits per heavy atom. The average molecular weight is 625 g/mol. The Bertz CT molecular complexity index is 139. The zero-order valence-electron chi connectivity index (χ0n) is 10.4. The zero-order chi connectivity index (χ0) is 13.9. The minimum absolute atomic E-state index is 0.0625. The summed E-state index contributed by atoms with van der Waals surface area (Å²) in [4.78, 5) is 0. The number of rotatable bonds is 0. The fraction of sp³-hybridized carbons (Fsp3) is 0.800. The maximum atomic E-state index is 4.18. The predicted octanol–water partition coefficient (Wildman–Crippen LogP) is 5.48. The molecular weight excluding hydrogens is 607 g/mol. The minimum atomic E-state index is -0.0625. The first kappa shape index (κ1) is 23.1. The molecule has 0 amide bonds. The number of piperidine rings is 1. The van der Waals surface area contributed by atoms with Gasteiger partial charge in [0.15, 0.2) is 0 Å². The Labute approximate surface area is 153 Å². The first-order chi connectivity index (χ1) is 8.83. The van der Waals surface area contributed by atoms with Gasteiger partial charge in [0, 0.05) is 0 Å². The summed E-state index contributed by atoms with van der Waals surface area (Å²) in [6.07, 6.45) is 9.50. The van der Waals surface area contributed by atoms with Crippen LogP contribution in [0, 0.1) is 0 Å². The number of halogens is 4. The molecule has 0 saturated carbocycles. The fourth-order valence-electron chi connectivity index (χ4n) is 1.26. The third-order valence-corrected chi connectivity index (χ3v) is 1.99. The van der Waals surface area contributed by atoms with Crippen molar-refractivity contribution < 1.29 is 0 Å². The van der Waals surface area contributed by atoms with Crippen LogP contribution in [-0.2, 0) is 0 Å². The van der Waals surface area contributed by atoms with Crippen LogP contribution < -0.4 is 0 Å². The van der Waals surface area contributed by atoms with Gasteiger partial charge in [-0.1, -0.05) is 31.8 Å². The summed E-state index contributed by atoms with van der Waals surface area (Å²) in [5.74, 6) is 0. The van der Waals surface area contributed by atoms with Gasteiger partial charge in [-0.25, -0.2) is 0 Å². The second-order valence-corrected chi connectivity index (χ2v) is 26.3. The Morgan fingerprint density at radius 3 is 1.39 bits per heavy atom. The molecule has 2 nitrogen and oxygen atoms in total. The van der Waals surface area contributed by atoms with Crippen LogP contribution in [0.4, 0.5) is 0 Å². The molecule has 1 saturated heterocycles. The van der Waals surface area contributed by atoms with Crippen molar-refractivity contribution >= 4 is 81.1 Å². The SMILES string of the molecule is C1=CC[N-]CC1.C1CC[N-]CC1.[Br][Ga][Br].[Br][Ga][Br]. The van der Waals surface area contributed by atoms with Crippen molar-refractivity contribution in [3.8, 4) is 0 Å². The van der Waals surface area contributed by atoms with E-state index in [1.54, 1.807) is 0 Å². The Kier molecular flexibility index (Phi) is 31.9. The topological polar surface area (TPSA) is 28.2 Å². The molecule has 104 valence electrons. The molecule has 0 bridgehead atoms. The molecule has 1 fully saturated rings. The Hall–Kier alpha value is 2.85. The van der Waals surface area contributed by atoms with E-state index in [1.165, 1.54) is 19.3 Å². The van der Waals surface area contributed by atoms with Gasteiger partial charge in [-0.05, 0) is 0 Å². The van der Waals surface area contributed by atoms with Crippen molar-refractivity contribution in [3.05, 3.63) is 22.8 Å². The number of hydrogen-bond acceptors (Lipinski definition) is 0. The zero-order valence-corrected chi connectivity index (χ0v) is 21.6. The summed E-state index contributed by atoms with van der Waals surface area (Å²) < 4.78 is 0. The Morgan fingerprint density at radius 1 is 0.722 bits per heavy atom. The van der Waals surface area contributed by atoms with Crippen LogP contribution in [-0.4, -0.2) is 53.1 Å². The molecular formula is C10H18Br4Ga2N2-2. The van der Waals surface area contributed by atoms with E-state index in [0.29, 0.717) is 0 Å². The van der Waals surface area contributed by atoms with Gasteiger partial charge in [-0.3, -0.25) is 0 Å². The van der Waals surface area contributed by atoms with Gasteiger partial charge in [-0.15, -0.1) is 32.3 Å². The third kappa shape index (κ3) is 27.2. The molecule has 0 aromatic heterocycles. The van der Waals surface area contributed by atoms with Crippen LogP contribution in [0.25, 0.3) is 10.6 Å². The van der Waals surface area contributed by atoms with Crippen LogP contribution in [0.15, 0.2) is 12.2 Å². The molecule has 2 rings (SSSR count). The van der Waals surface area contributed by atoms with Gasteiger partial charge in [0.05, 0.1) is 0 Å². The normalized spacial score (nSPS) is 16.7. The van der Waals surface area contributed by atoms with Gasteiger partial charge in [0.2, 0.25) is 0 Å². The summed E-state index contributed by atoms with van der Waals surface area (Å²) >= 11 is 12.8. The quantitative estimate of drug-likeness (QED) is 0.252. The third-order valence-electron chi connectivity index (χ3n) is 1.99. The monoisotopic (exact) mass is 620 g/mol. The molecule has 0 aromatic carbocycles. The molecule has 18 heavy (non-hydrogen) atoms. The van der Waals surface area contributed by atoms with Crippen molar-refractivity contribution in [2.45, 2.75) is 25.7 Å². The second kappa shape index (κ2) is 24.8. The number of nitrogens with zero attached hydrogens (tertiary/aromatic N) is 2. The van der Waals surface area contributed by atoms with Crippen molar-refractivity contribution in [2.75, 3.05) is 26.2 Å². The van der Waals surface area contributed by atoms with Gasteiger partial charge in [-0.2, -0.15) is 0 Å². The van der Waals surface area contributed by atoms with Crippen molar-refractivity contribution in [2.24, 2.45) is 0 Å². The summed E-state index contributed by atoms with van der Waals surface area (Å²) in [6.45, 7) is 4.23. The molecule has 2 aliphatic rings. The van der Waals surface area contributed by atoms with E-state index in [9.17, 15) is 0 Å². The molecule has 0 atom stereocenters. The van der Waals surface area contributed by atoms with E-state index in [4.69, 9.17) is 0 Å². The average Bonchev–Trinajstić information content (AvgIpc) is 2.45. The van der Waals surface area contributed by atoms with Crippen LogP contribution in [0.3, 0.4) is 0 Å². The number of hydrogen-bond donors (Lipinski definition) is 0. The van der Waals surface area contributed by atoms with Crippen LogP contribution in [0.1, 0.15) is 25.7 Å². The fourth-order valence-corrected chi connectivity index (χ4v) is 1.26. The van der Waals surface area contributed by atoms with E-state index < -0.39 is 0 Å². The molecule has 0 spiro atoms. The van der Waals surface area contributed by atoms with Gasteiger partial charge in [0.25, 0.3) is 0 Å². The van der Waals surface area contributed by atoms with Gasteiger partial charge < -0.3 is 10.6 Å². The summed E-state index contributed by atoms with van der Waals surface area (Å²) in [6, 6.07) is 0. The standard InChI is InChI=1S/C5H10N.C5H8N.4BrH.2Ga/c2*1-2-4-6-5-3-1;;;;;;/h1-5H2;1-2H,3-5H2;4*1H;;/q2*-1;;;;;2*+2/p-4. The van der Waals surface area contributed by atoms with E-state index in [1.807, 2.05) is 0 Å². The molecule has 2 heterocycles. The van der Waals surface area contributed by atoms with Crippen molar-refractivity contribution in [3.63, 3.8) is 0 Å². The van der Waals surface area contributed by atoms with Crippen molar-refractivity contribution in [1.82, 2.24) is 0 Å². The molecule has 2 radical (unpaired) electrons. The molecule has 0 aromatic rings. The molecule has 0 unspecified atom stereocenters. The summed E-state index contributed by atoms with van der Waals surface area (Å²) in [5, 5.41) is 8.27. The molecule has 2 aliphatic heterocycles. The van der Waals surface area contributed by atoms with Gasteiger partial charge >= 0.3 is 81.1 Å². The maximum absolute atomic E-state index is 4.18. The first-order valence-electron chi connectivity index (χ1n) is 5.79. The second-order valence-electron chi connectivity index (χ2n) is 3.29. The Balaban J connectivity index is 0. The van der Waals surface area contributed by atoms with E-state index in [0.717, 1.165) is 32.6 Å². The van der Waals surface area contributed by atoms with E-state index >= 15 is 0 Å². The van der Waals surface area contributed by atoms with Crippen LogP contribution in [0.5, 0.6) is 0 Å². The molecule has 0 aliphatic carbocycles. The van der Waals surface area contributed by atoms with Crippen LogP contribution >= 0.6 is 54.2 Å². The van der Waals surface area contributed by atoms with E-state index in [2.05, 4.69) is 77.0 Å². The molecule has 0 N–H and O–H groups in total. The van der Waals surface area contributed by atoms with Crippen molar-refractivity contribution in [1.29, 1.82) is 0 Å². The summed E-state index contributed by atoms with van der Waals surface area (Å²) in [5.41, 5.74) is 0. The van der Waals surface area contributed by atoms with E-state index in [-0.39, 0.29) is 26.9 Å².